The predicted molar refractivity (Wildman–Crippen MR) is 71.0 cm³/mol. The van der Waals surface area contributed by atoms with Crippen LogP contribution < -0.4 is 20.5 Å². The summed E-state index contributed by atoms with van der Waals surface area (Å²) in [4.78, 5) is 0. The van der Waals surface area contributed by atoms with Gasteiger partial charge >= 0.3 is 0 Å². The summed E-state index contributed by atoms with van der Waals surface area (Å²) in [6.45, 7) is 1.74. The Morgan fingerprint density at radius 2 is 2.00 bits per heavy atom. The SMILES string of the molecule is COc1cc(OC)c(NC(C)C(N)=NO)cc1Cl. The van der Waals surface area contributed by atoms with E-state index in [0.717, 1.165) is 0 Å². The Labute approximate surface area is 110 Å². The number of benzene rings is 1. The van der Waals surface area contributed by atoms with E-state index in [1.807, 2.05) is 0 Å². The second kappa shape index (κ2) is 6.20. The molecular formula is C11H16ClN3O3. The van der Waals surface area contributed by atoms with Gasteiger partial charge in [-0.25, -0.2) is 0 Å². The maximum absolute atomic E-state index is 8.59. The van der Waals surface area contributed by atoms with Gasteiger partial charge in [-0.1, -0.05) is 16.8 Å². The lowest BCUT2D eigenvalue weighted by molar-refractivity contribution is 0.316. The fourth-order valence-electron chi connectivity index (χ4n) is 1.37. The first kappa shape index (κ1) is 14.2. The molecule has 18 heavy (non-hydrogen) atoms. The van der Waals surface area contributed by atoms with Crippen LogP contribution in [0.2, 0.25) is 5.02 Å². The van der Waals surface area contributed by atoms with E-state index in [1.54, 1.807) is 19.1 Å². The second-order valence-electron chi connectivity index (χ2n) is 3.58. The number of hydrogen-bond donors (Lipinski definition) is 3. The summed E-state index contributed by atoms with van der Waals surface area (Å²) in [5, 5.41) is 15.0. The van der Waals surface area contributed by atoms with Gasteiger partial charge in [0.25, 0.3) is 0 Å². The number of hydrogen-bond acceptors (Lipinski definition) is 5. The molecule has 1 rings (SSSR count). The highest BCUT2D eigenvalue weighted by molar-refractivity contribution is 6.32. The van der Waals surface area contributed by atoms with Crippen LogP contribution in [0.5, 0.6) is 11.5 Å². The average molecular weight is 274 g/mol. The molecule has 0 bridgehead atoms. The fourth-order valence-corrected chi connectivity index (χ4v) is 1.61. The van der Waals surface area contributed by atoms with Crippen LogP contribution in [0.4, 0.5) is 5.69 Å². The normalized spacial score (nSPS) is 13.0. The lowest BCUT2D eigenvalue weighted by atomic mass is 10.2. The van der Waals surface area contributed by atoms with Crippen LogP contribution in [0.3, 0.4) is 0 Å². The third kappa shape index (κ3) is 3.10. The molecule has 6 nitrogen and oxygen atoms in total. The van der Waals surface area contributed by atoms with Crippen molar-refractivity contribution in [3.63, 3.8) is 0 Å². The van der Waals surface area contributed by atoms with E-state index in [-0.39, 0.29) is 11.9 Å². The van der Waals surface area contributed by atoms with Crippen molar-refractivity contribution in [2.45, 2.75) is 13.0 Å². The van der Waals surface area contributed by atoms with Gasteiger partial charge in [-0.15, -0.1) is 0 Å². The van der Waals surface area contributed by atoms with E-state index in [2.05, 4.69) is 10.5 Å². The Morgan fingerprint density at radius 3 is 2.50 bits per heavy atom. The first-order valence-electron chi connectivity index (χ1n) is 5.19. The Hall–Kier alpha value is -1.82. The van der Waals surface area contributed by atoms with Crippen molar-refractivity contribution >= 4 is 23.1 Å². The van der Waals surface area contributed by atoms with Gasteiger partial charge in [-0.05, 0) is 13.0 Å². The Morgan fingerprint density at radius 1 is 1.39 bits per heavy atom. The van der Waals surface area contributed by atoms with E-state index in [4.69, 9.17) is 32.0 Å². The molecule has 4 N–H and O–H groups in total. The molecule has 0 aliphatic heterocycles. The number of methoxy groups -OCH3 is 2. The standard InChI is InChI=1S/C11H16ClN3O3/c1-6(11(13)15-16)14-8-4-7(12)9(17-2)5-10(8)18-3/h4-6,14,16H,1-3H3,(H2,13,15). The molecule has 0 aliphatic rings. The van der Waals surface area contributed by atoms with Crippen molar-refractivity contribution in [2.75, 3.05) is 19.5 Å². The average Bonchev–Trinajstić information content (AvgIpc) is 2.38. The number of ether oxygens (including phenoxy) is 2. The van der Waals surface area contributed by atoms with Gasteiger partial charge in [-0.3, -0.25) is 0 Å². The smallest absolute Gasteiger partial charge is 0.161 e. The molecule has 0 amide bonds. The van der Waals surface area contributed by atoms with E-state index < -0.39 is 0 Å². The molecule has 0 aromatic heterocycles. The highest BCUT2D eigenvalue weighted by Gasteiger charge is 2.14. The minimum atomic E-state index is -0.367. The number of halogens is 1. The monoisotopic (exact) mass is 273 g/mol. The van der Waals surface area contributed by atoms with Crippen molar-refractivity contribution in [1.29, 1.82) is 0 Å². The lowest BCUT2D eigenvalue weighted by Gasteiger charge is -2.17. The van der Waals surface area contributed by atoms with Crippen molar-refractivity contribution in [2.24, 2.45) is 10.9 Å². The number of amidine groups is 1. The van der Waals surface area contributed by atoms with Crippen LogP contribution in [-0.4, -0.2) is 31.3 Å². The maximum Gasteiger partial charge on any atom is 0.161 e. The number of anilines is 1. The minimum Gasteiger partial charge on any atom is -0.495 e. The first-order valence-corrected chi connectivity index (χ1v) is 5.56. The van der Waals surface area contributed by atoms with Gasteiger partial charge in [-0.2, -0.15) is 0 Å². The molecule has 0 saturated carbocycles. The zero-order valence-electron chi connectivity index (χ0n) is 10.4. The molecule has 100 valence electrons. The van der Waals surface area contributed by atoms with Gasteiger partial charge in [0.2, 0.25) is 0 Å². The summed E-state index contributed by atoms with van der Waals surface area (Å²) < 4.78 is 10.3. The second-order valence-corrected chi connectivity index (χ2v) is 3.99. The number of nitrogens with one attached hydrogen (secondary N) is 1. The van der Waals surface area contributed by atoms with Gasteiger partial charge in [0.05, 0.1) is 31.0 Å². The van der Waals surface area contributed by atoms with E-state index in [9.17, 15) is 0 Å². The van der Waals surface area contributed by atoms with Crippen molar-refractivity contribution in [3.8, 4) is 11.5 Å². The molecule has 1 atom stereocenters. The number of nitrogens with two attached hydrogens (primary N) is 1. The molecule has 0 spiro atoms. The van der Waals surface area contributed by atoms with E-state index in [1.165, 1.54) is 14.2 Å². The van der Waals surface area contributed by atoms with Crippen molar-refractivity contribution < 1.29 is 14.7 Å². The van der Waals surface area contributed by atoms with Crippen LogP contribution in [0.15, 0.2) is 17.3 Å². The van der Waals surface area contributed by atoms with Crippen LogP contribution in [0, 0.1) is 0 Å². The van der Waals surface area contributed by atoms with Crippen molar-refractivity contribution in [1.82, 2.24) is 0 Å². The Balaban J connectivity index is 3.05. The maximum atomic E-state index is 8.59. The number of nitrogens with zero attached hydrogens (tertiary/aromatic N) is 1. The van der Waals surface area contributed by atoms with Gasteiger partial charge in [0.15, 0.2) is 5.84 Å². The molecule has 1 aromatic carbocycles. The molecule has 0 radical (unpaired) electrons. The van der Waals surface area contributed by atoms with Gasteiger partial charge < -0.3 is 25.7 Å². The zero-order valence-corrected chi connectivity index (χ0v) is 11.2. The van der Waals surface area contributed by atoms with Crippen molar-refractivity contribution in [3.05, 3.63) is 17.2 Å². The molecule has 1 aromatic rings. The van der Waals surface area contributed by atoms with Crippen LogP contribution in [-0.2, 0) is 0 Å². The molecule has 0 heterocycles. The number of rotatable bonds is 5. The van der Waals surface area contributed by atoms with Crippen LogP contribution >= 0.6 is 11.6 Å². The largest absolute Gasteiger partial charge is 0.495 e. The lowest BCUT2D eigenvalue weighted by Crippen LogP contribution is -2.33. The van der Waals surface area contributed by atoms with Crippen LogP contribution in [0.25, 0.3) is 0 Å². The minimum absolute atomic E-state index is 0.0593. The molecular weight excluding hydrogens is 258 g/mol. The highest BCUT2D eigenvalue weighted by Crippen LogP contribution is 2.36. The summed E-state index contributed by atoms with van der Waals surface area (Å²) in [6, 6.07) is 2.94. The van der Waals surface area contributed by atoms with Gasteiger partial charge in [0, 0.05) is 6.07 Å². The molecule has 0 aliphatic carbocycles. The summed E-state index contributed by atoms with van der Waals surface area (Å²) in [5.41, 5.74) is 6.12. The Bertz CT molecular complexity index is 451. The predicted octanol–water partition coefficient (Wildman–Crippen LogP) is 1.90. The number of oxime groups is 1. The summed E-state index contributed by atoms with van der Waals surface area (Å²) >= 11 is 6.02. The zero-order chi connectivity index (χ0) is 13.7. The molecule has 1 unspecified atom stereocenters. The summed E-state index contributed by atoms with van der Waals surface area (Å²) in [5.74, 6) is 1.12. The Kier molecular flexibility index (Phi) is 4.91. The third-order valence-electron chi connectivity index (χ3n) is 2.41. The third-order valence-corrected chi connectivity index (χ3v) is 2.70. The first-order chi connectivity index (χ1) is 8.53. The quantitative estimate of drug-likeness (QED) is 0.330. The van der Waals surface area contributed by atoms with E-state index in [0.29, 0.717) is 22.2 Å². The fraction of sp³-hybridized carbons (Fsp3) is 0.364. The topological polar surface area (TPSA) is 89.1 Å². The van der Waals surface area contributed by atoms with Gasteiger partial charge in [0.1, 0.15) is 11.5 Å². The summed E-state index contributed by atoms with van der Waals surface area (Å²) in [6.07, 6.45) is 0. The molecule has 7 heteroatoms. The summed E-state index contributed by atoms with van der Waals surface area (Å²) in [7, 11) is 3.05. The molecule has 0 fully saturated rings. The highest BCUT2D eigenvalue weighted by atomic mass is 35.5. The molecule has 0 saturated heterocycles. The van der Waals surface area contributed by atoms with Crippen LogP contribution in [0.1, 0.15) is 6.92 Å². The van der Waals surface area contributed by atoms with E-state index >= 15 is 0 Å².